The zero-order valence-corrected chi connectivity index (χ0v) is 12.5. The summed E-state index contributed by atoms with van der Waals surface area (Å²) in [6, 6.07) is 3.48. The minimum atomic E-state index is -0.417. The highest BCUT2D eigenvalue weighted by molar-refractivity contribution is 7.10. The van der Waals surface area contributed by atoms with Gasteiger partial charge in [0, 0.05) is 44.7 Å². The van der Waals surface area contributed by atoms with Crippen molar-refractivity contribution in [2.45, 2.75) is 6.04 Å². The van der Waals surface area contributed by atoms with Crippen LogP contribution in [0.15, 0.2) is 23.6 Å². The minimum absolute atomic E-state index is 0.0462. The standard InChI is InChI=1S/C14H19N3O2S/c1-16(2)14(19)12-10-15-7-8-17(12)13(18)6-5-11-4-3-9-20-11/h3-6,9,12,15H,7-8,10H2,1-2H3. The van der Waals surface area contributed by atoms with Crippen molar-refractivity contribution >= 4 is 29.2 Å². The molecular weight excluding hydrogens is 274 g/mol. The molecule has 1 aromatic heterocycles. The smallest absolute Gasteiger partial charge is 0.247 e. The molecule has 2 amide bonds. The third-order valence-corrected chi connectivity index (χ3v) is 4.02. The summed E-state index contributed by atoms with van der Waals surface area (Å²) in [5.41, 5.74) is 0. The van der Waals surface area contributed by atoms with Crippen molar-refractivity contribution in [3.05, 3.63) is 28.5 Å². The van der Waals surface area contributed by atoms with Crippen LogP contribution in [0.2, 0.25) is 0 Å². The van der Waals surface area contributed by atoms with Crippen LogP contribution in [0.4, 0.5) is 0 Å². The molecule has 6 heteroatoms. The molecule has 5 nitrogen and oxygen atoms in total. The molecule has 1 atom stereocenters. The second kappa shape index (κ2) is 6.67. The van der Waals surface area contributed by atoms with Gasteiger partial charge in [-0.05, 0) is 17.5 Å². The first-order valence-electron chi connectivity index (χ1n) is 6.53. The van der Waals surface area contributed by atoms with Gasteiger partial charge in [0.2, 0.25) is 11.8 Å². The Morgan fingerprint density at radius 1 is 1.50 bits per heavy atom. The molecule has 2 heterocycles. The first kappa shape index (κ1) is 14.7. The number of nitrogens with zero attached hydrogens (tertiary/aromatic N) is 2. The van der Waals surface area contributed by atoms with E-state index in [0.717, 1.165) is 11.4 Å². The monoisotopic (exact) mass is 293 g/mol. The molecule has 20 heavy (non-hydrogen) atoms. The number of carbonyl (C=O) groups excluding carboxylic acids is 2. The van der Waals surface area contributed by atoms with Crippen molar-refractivity contribution in [1.82, 2.24) is 15.1 Å². The third kappa shape index (κ3) is 3.46. The van der Waals surface area contributed by atoms with E-state index < -0.39 is 6.04 Å². The lowest BCUT2D eigenvalue weighted by atomic mass is 10.1. The summed E-state index contributed by atoms with van der Waals surface area (Å²) in [6.07, 6.45) is 3.35. The maximum atomic E-state index is 12.3. The summed E-state index contributed by atoms with van der Waals surface area (Å²) in [5.74, 6) is -0.157. The molecular formula is C14H19N3O2S. The van der Waals surface area contributed by atoms with Gasteiger partial charge < -0.3 is 15.1 Å². The SMILES string of the molecule is CN(C)C(=O)C1CNCCN1C(=O)C=Cc1cccs1. The Labute approximate surface area is 122 Å². The molecule has 1 aromatic rings. The predicted octanol–water partition coefficient (Wildman–Crippen LogP) is 0.650. The molecule has 0 radical (unpaired) electrons. The molecule has 1 aliphatic heterocycles. The number of likely N-dealkylation sites (N-methyl/N-ethyl adjacent to an activating group) is 1. The van der Waals surface area contributed by atoms with E-state index in [9.17, 15) is 9.59 Å². The molecule has 0 aliphatic carbocycles. The van der Waals surface area contributed by atoms with Crippen LogP contribution in [0.3, 0.4) is 0 Å². The zero-order valence-electron chi connectivity index (χ0n) is 11.7. The highest BCUT2D eigenvalue weighted by atomic mass is 32.1. The van der Waals surface area contributed by atoms with Crippen molar-refractivity contribution in [2.75, 3.05) is 33.7 Å². The summed E-state index contributed by atoms with van der Waals surface area (Å²) in [7, 11) is 3.42. The lowest BCUT2D eigenvalue weighted by Gasteiger charge is -2.35. The highest BCUT2D eigenvalue weighted by Gasteiger charge is 2.31. The molecule has 108 valence electrons. The lowest BCUT2D eigenvalue weighted by Crippen LogP contribution is -2.59. The maximum absolute atomic E-state index is 12.3. The Morgan fingerprint density at radius 2 is 2.30 bits per heavy atom. The molecule has 1 fully saturated rings. The van der Waals surface area contributed by atoms with Crippen LogP contribution in [0.5, 0.6) is 0 Å². The van der Waals surface area contributed by atoms with Crippen LogP contribution >= 0.6 is 11.3 Å². The number of rotatable bonds is 3. The first-order valence-corrected chi connectivity index (χ1v) is 7.41. The van der Waals surface area contributed by atoms with Gasteiger partial charge in [0.1, 0.15) is 6.04 Å². The third-order valence-electron chi connectivity index (χ3n) is 3.19. The van der Waals surface area contributed by atoms with E-state index in [0.29, 0.717) is 13.1 Å². The number of hydrogen-bond acceptors (Lipinski definition) is 4. The molecule has 1 aliphatic rings. The largest absolute Gasteiger partial charge is 0.347 e. The van der Waals surface area contributed by atoms with Crippen molar-refractivity contribution in [3.63, 3.8) is 0 Å². The van der Waals surface area contributed by atoms with Crippen LogP contribution in [-0.2, 0) is 9.59 Å². The Kier molecular flexibility index (Phi) is 4.92. The molecule has 1 saturated heterocycles. The molecule has 0 saturated carbocycles. The number of piperazine rings is 1. The van der Waals surface area contributed by atoms with Gasteiger partial charge in [0.15, 0.2) is 0 Å². The Balaban J connectivity index is 2.07. The zero-order chi connectivity index (χ0) is 14.5. The van der Waals surface area contributed by atoms with E-state index in [2.05, 4.69) is 5.32 Å². The average molecular weight is 293 g/mol. The van der Waals surface area contributed by atoms with Gasteiger partial charge in [0.25, 0.3) is 0 Å². The molecule has 2 rings (SSSR count). The molecule has 1 N–H and O–H groups in total. The predicted molar refractivity (Wildman–Crippen MR) is 80.4 cm³/mol. The Bertz CT molecular complexity index is 497. The fourth-order valence-electron chi connectivity index (χ4n) is 2.12. The van der Waals surface area contributed by atoms with E-state index in [1.54, 1.807) is 42.5 Å². The lowest BCUT2D eigenvalue weighted by molar-refractivity contribution is -0.142. The minimum Gasteiger partial charge on any atom is -0.347 e. The van der Waals surface area contributed by atoms with E-state index in [1.165, 1.54) is 4.90 Å². The summed E-state index contributed by atoms with van der Waals surface area (Å²) >= 11 is 1.58. The molecule has 0 spiro atoms. The van der Waals surface area contributed by atoms with E-state index in [1.807, 2.05) is 17.5 Å². The van der Waals surface area contributed by atoms with E-state index in [4.69, 9.17) is 0 Å². The summed E-state index contributed by atoms with van der Waals surface area (Å²) in [6.45, 7) is 1.78. The normalized spacial score (nSPS) is 19.3. The van der Waals surface area contributed by atoms with Gasteiger partial charge in [-0.3, -0.25) is 9.59 Å². The number of hydrogen-bond donors (Lipinski definition) is 1. The Hall–Kier alpha value is -1.66. The highest BCUT2D eigenvalue weighted by Crippen LogP contribution is 2.12. The molecule has 0 bridgehead atoms. The van der Waals surface area contributed by atoms with Crippen LogP contribution in [0.25, 0.3) is 6.08 Å². The second-order valence-corrected chi connectivity index (χ2v) is 5.81. The van der Waals surface area contributed by atoms with Crippen LogP contribution in [-0.4, -0.2) is 61.4 Å². The van der Waals surface area contributed by atoms with Gasteiger partial charge in [-0.25, -0.2) is 0 Å². The van der Waals surface area contributed by atoms with Crippen LogP contribution in [0.1, 0.15) is 4.88 Å². The van der Waals surface area contributed by atoms with Crippen molar-refractivity contribution in [2.24, 2.45) is 0 Å². The number of carbonyl (C=O) groups is 2. The summed E-state index contributed by atoms with van der Waals surface area (Å²) in [5, 5.41) is 5.13. The number of nitrogens with one attached hydrogen (secondary N) is 1. The molecule has 1 unspecified atom stereocenters. The van der Waals surface area contributed by atoms with E-state index in [-0.39, 0.29) is 11.8 Å². The fraction of sp³-hybridized carbons (Fsp3) is 0.429. The van der Waals surface area contributed by atoms with Gasteiger partial charge >= 0.3 is 0 Å². The molecule has 0 aromatic carbocycles. The topological polar surface area (TPSA) is 52.7 Å². The maximum Gasteiger partial charge on any atom is 0.247 e. The van der Waals surface area contributed by atoms with Gasteiger partial charge in [-0.15, -0.1) is 11.3 Å². The van der Waals surface area contributed by atoms with Gasteiger partial charge in [-0.1, -0.05) is 6.07 Å². The van der Waals surface area contributed by atoms with Gasteiger partial charge in [0.05, 0.1) is 0 Å². The number of amides is 2. The number of thiophene rings is 1. The first-order chi connectivity index (χ1) is 9.59. The summed E-state index contributed by atoms with van der Waals surface area (Å²) in [4.78, 5) is 28.6. The summed E-state index contributed by atoms with van der Waals surface area (Å²) < 4.78 is 0. The van der Waals surface area contributed by atoms with Crippen molar-refractivity contribution in [3.8, 4) is 0 Å². The Morgan fingerprint density at radius 3 is 2.95 bits per heavy atom. The average Bonchev–Trinajstić information content (AvgIpc) is 2.97. The quantitative estimate of drug-likeness (QED) is 0.833. The van der Waals surface area contributed by atoms with Crippen molar-refractivity contribution < 1.29 is 9.59 Å². The van der Waals surface area contributed by atoms with Crippen LogP contribution in [0, 0.1) is 0 Å². The fourth-order valence-corrected chi connectivity index (χ4v) is 2.74. The van der Waals surface area contributed by atoms with Crippen molar-refractivity contribution in [1.29, 1.82) is 0 Å². The van der Waals surface area contributed by atoms with E-state index >= 15 is 0 Å². The van der Waals surface area contributed by atoms with Crippen LogP contribution < -0.4 is 5.32 Å². The second-order valence-electron chi connectivity index (χ2n) is 4.83. The van der Waals surface area contributed by atoms with Gasteiger partial charge in [-0.2, -0.15) is 0 Å².